The van der Waals surface area contributed by atoms with Gasteiger partial charge >= 0.3 is 0 Å². The Labute approximate surface area is 156 Å². The number of carbonyl (C=O) groups is 1. The van der Waals surface area contributed by atoms with E-state index in [1.54, 1.807) is 0 Å². The summed E-state index contributed by atoms with van der Waals surface area (Å²) in [6, 6.07) is 11.9. The van der Waals surface area contributed by atoms with Gasteiger partial charge in [-0.2, -0.15) is 0 Å². The summed E-state index contributed by atoms with van der Waals surface area (Å²) in [7, 11) is 0. The quantitative estimate of drug-likeness (QED) is 0.767. The molecule has 0 radical (unpaired) electrons. The summed E-state index contributed by atoms with van der Waals surface area (Å²) in [4.78, 5) is 16.5. The minimum atomic E-state index is 0.0596. The second kappa shape index (κ2) is 9.37. The lowest BCUT2D eigenvalue weighted by atomic mass is 10.0. The first-order chi connectivity index (χ1) is 12.7. The third-order valence-electron chi connectivity index (χ3n) is 5.01. The van der Waals surface area contributed by atoms with Crippen LogP contribution in [0.25, 0.3) is 11.1 Å². The van der Waals surface area contributed by atoms with Crippen LogP contribution in [0.3, 0.4) is 0 Å². The number of hydrogen-bond acceptors (Lipinski definition) is 3. The van der Waals surface area contributed by atoms with E-state index in [4.69, 9.17) is 4.74 Å². The number of rotatable bonds is 8. The molecule has 1 saturated carbocycles. The van der Waals surface area contributed by atoms with Crippen LogP contribution in [-0.2, 0) is 11.2 Å². The normalized spacial score (nSPS) is 14.3. The third kappa shape index (κ3) is 5.32. The lowest BCUT2D eigenvalue weighted by molar-refractivity contribution is -0.120. The van der Waals surface area contributed by atoms with Gasteiger partial charge in [0, 0.05) is 24.0 Å². The van der Waals surface area contributed by atoms with Crippen LogP contribution in [0.5, 0.6) is 5.75 Å². The smallest absolute Gasteiger partial charge is 0.226 e. The van der Waals surface area contributed by atoms with Crippen LogP contribution in [0.2, 0.25) is 0 Å². The van der Waals surface area contributed by atoms with Gasteiger partial charge in [0.15, 0.2) is 0 Å². The van der Waals surface area contributed by atoms with Gasteiger partial charge in [0.05, 0.1) is 13.0 Å². The summed E-state index contributed by atoms with van der Waals surface area (Å²) in [6.45, 7) is 3.42. The van der Waals surface area contributed by atoms with Crippen LogP contribution >= 0.6 is 0 Å². The molecule has 4 nitrogen and oxygen atoms in total. The van der Waals surface area contributed by atoms with Crippen molar-refractivity contribution < 1.29 is 9.53 Å². The van der Waals surface area contributed by atoms with Crippen molar-refractivity contribution in [3.63, 3.8) is 0 Å². The fraction of sp³-hybridized carbons (Fsp3) is 0.455. The molecule has 4 heteroatoms. The van der Waals surface area contributed by atoms with Crippen molar-refractivity contribution in [2.75, 3.05) is 13.2 Å². The van der Waals surface area contributed by atoms with Gasteiger partial charge < -0.3 is 10.1 Å². The molecule has 1 aromatic carbocycles. The Morgan fingerprint density at radius 2 is 1.85 bits per heavy atom. The van der Waals surface area contributed by atoms with Crippen LogP contribution < -0.4 is 10.1 Å². The van der Waals surface area contributed by atoms with Crippen molar-refractivity contribution in [1.29, 1.82) is 0 Å². The molecule has 0 atom stereocenters. The number of carbonyl (C=O) groups excluding carboxylic acids is 1. The lowest BCUT2D eigenvalue weighted by Gasteiger charge is -2.10. The Balaban J connectivity index is 1.48. The zero-order valence-corrected chi connectivity index (χ0v) is 15.5. The molecule has 0 saturated heterocycles. The molecule has 1 fully saturated rings. The molecule has 0 unspecified atom stereocenters. The average Bonchev–Trinajstić information content (AvgIpc) is 3.17. The zero-order valence-electron chi connectivity index (χ0n) is 15.5. The van der Waals surface area contributed by atoms with Gasteiger partial charge in [-0.3, -0.25) is 9.78 Å². The standard InChI is InChI=1S/C22H28N2O2/c1-2-26-21-11-8-18(9-12-21)19-7-10-20(24-16-19)15-22(25)23-14-13-17-5-3-4-6-17/h7-12,16-17H,2-6,13-15H2,1H3,(H,23,25). The van der Waals surface area contributed by atoms with Gasteiger partial charge in [-0.05, 0) is 43.0 Å². The minimum absolute atomic E-state index is 0.0596. The molecule has 1 aliphatic rings. The second-order valence-corrected chi connectivity index (χ2v) is 6.96. The van der Waals surface area contributed by atoms with E-state index in [0.717, 1.165) is 41.5 Å². The number of benzene rings is 1. The fourth-order valence-electron chi connectivity index (χ4n) is 3.55. The molecule has 1 aromatic heterocycles. The second-order valence-electron chi connectivity index (χ2n) is 6.96. The molecule has 0 bridgehead atoms. The molecule has 0 spiro atoms. The van der Waals surface area contributed by atoms with Crippen LogP contribution in [-0.4, -0.2) is 24.0 Å². The highest BCUT2D eigenvalue weighted by atomic mass is 16.5. The lowest BCUT2D eigenvalue weighted by Crippen LogP contribution is -2.27. The highest BCUT2D eigenvalue weighted by Gasteiger charge is 2.14. The van der Waals surface area contributed by atoms with E-state index in [1.807, 2.05) is 49.5 Å². The van der Waals surface area contributed by atoms with Crippen molar-refractivity contribution in [2.24, 2.45) is 5.92 Å². The summed E-state index contributed by atoms with van der Waals surface area (Å²) in [5.41, 5.74) is 2.94. The van der Waals surface area contributed by atoms with Gasteiger partial charge in [0.1, 0.15) is 5.75 Å². The highest BCUT2D eigenvalue weighted by Crippen LogP contribution is 2.27. The SMILES string of the molecule is CCOc1ccc(-c2ccc(CC(=O)NCCC3CCCC3)nc2)cc1. The monoisotopic (exact) mass is 352 g/mol. The van der Waals surface area contributed by atoms with Crippen molar-refractivity contribution in [1.82, 2.24) is 10.3 Å². The molecule has 2 aromatic rings. The summed E-state index contributed by atoms with van der Waals surface area (Å²) in [5.74, 6) is 1.74. The van der Waals surface area contributed by atoms with Crippen molar-refractivity contribution in [2.45, 2.75) is 45.4 Å². The summed E-state index contributed by atoms with van der Waals surface area (Å²) in [6.07, 6.45) is 8.63. The number of hydrogen-bond donors (Lipinski definition) is 1. The first-order valence-electron chi connectivity index (χ1n) is 9.69. The number of amides is 1. The van der Waals surface area contributed by atoms with E-state index in [2.05, 4.69) is 10.3 Å². The third-order valence-corrected chi connectivity index (χ3v) is 5.01. The Morgan fingerprint density at radius 1 is 1.12 bits per heavy atom. The molecular weight excluding hydrogens is 324 g/mol. The number of pyridine rings is 1. The largest absolute Gasteiger partial charge is 0.494 e. The maximum atomic E-state index is 12.1. The molecular formula is C22H28N2O2. The minimum Gasteiger partial charge on any atom is -0.494 e. The van der Waals surface area contributed by atoms with E-state index >= 15 is 0 Å². The molecule has 1 N–H and O–H groups in total. The van der Waals surface area contributed by atoms with Crippen molar-refractivity contribution in [3.05, 3.63) is 48.3 Å². The van der Waals surface area contributed by atoms with Gasteiger partial charge in [-0.25, -0.2) is 0 Å². The predicted molar refractivity (Wildman–Crippen MR) is 104 cm³/mol. The number of aromatic nitrogens is 1. The molecule has 0 aliphatic heterocycles. The van der Waals surface area contributed by atoms with Crippen LogP contribution in [0.4, 0.5) is 0 Å². The Bertz CT molecular complexity index is 689. The first-order valence-corrected chi connectivity index (χ1v) is 9.69. The summed E-state index contributed by atoms with van der Waals surface area (Å²) in [5, 5.41) is 3.03. The van der Waals surface area contributed by atoms with E-state index in [0.29, 0.717) is 13.0 Å². The van der Waals surface area contributed by atoms with Gasteiger partial charge in [-0.1, -0.05) is 43.9 Å². The van der Waals surface area contributed by atoms with E-state index < -0.39 is 0 Å². The van der Waals surface area contributed by atoms with Gasteiger partial charge in [-0.15, -0.1) is 0 Å². The molecule has 1 amide bonds. The maximum Gasteiger partial charge on any atom is 0.226 e. The van der Waals surface area contributed by atoms with Crippen LogP contribution in [0.15, 0.2) is 42.6 Å². The highest BCUT2D eigenvalue weighted by molar-refractivity contribution is 5.78. The number of ether oxygens (including phenoxy) is 1. The van der Waals surface area contributed by atoms with E-state index in [-0.39, 0.29) is 5.91 Å². The summed E-state index contributed by atoms with van der Waals surface area (Å²) < 4.78 is 5.46. The predicted octanol–water partition coefficient (Wildman–Crippen LogP) is 4.39. The molecule has 1 heterocycles. The number of nitrogens with one attached hydrogen (secondary N) is 1. The Kier molecular flexibility index (Phi) is 6.64. The van der Waals surface area contributed by atoms with Crippen molar-refractivity contribution in [3.8, 4) is 16.9 Å². The average molecular weight is 352 g/mol. The summed E-state index contributed by atoms with van der Waals surface area (Å²) >= 11 is 0. The Hall–Kier alpha value is -2.36. The topological polar surface area (TPSA) is 51.2 Å². The zero-order chi connectivity index (χ0) is 18.2. The fourth-order valence-corrected chi connectivity index (χ4v) is 3.55. The van der Waals surface area contributed by atoms with Crippen LogP contribution in [0.1, 0.15) is 44.7 Å². The molecule has 1 aliphatic carbocycles. The van der Waals surface area contributed by atoms with Gasteiger partial charge in [0.2, 0.25) is 5.91 Å². The van der Waals surface area contributed by atoms with Gasteiger partial charge in [0.25, 0.3) is 0 Å². The molecule has 138 valence electrons. The molecule has 3 rings (SSSR count). The van der Waals surface area contributed by atoms with Crippen LogP contribution in [0, 0.1) is 5.92 Å². The first kappa shape index (κ1) is 18.4. The van der Waals surface area contributed by atoms with E-state index in [9.17, 15) is 4.79 Å². The molecule has 26 heavy (non-hydrogen) atoms. The Morgan fingerprint density at radius 3 is 2.50 bits per heavy atom. The number of nitrogens with zero attached hydrogens (tertiary/aromatic N) is 1. The maximum absolute atomic E-state index is 12.1. The van der Waals surface area contributed by atoms with Crippen molar-refractivity contribution >= 4 is 5.91 Å². The van der Waals surface area contributed by atoms with E-state index in [1.165, 1.54) is 25.7 Å².